The fourth-order valence-electron chi connectivity index (χ4n) is 1.33. The second-order valence-electron chi connectivity index (χ2n) is 5.00. The van der Waals surface area contributed by atoms with E-state index in [0.717, 1.165) is 25.9 Å². The summed E-state index contributed by atoms with van der Waals surface area (Å²) in [5.41, 5.74) is 5.77. The van der Waals surface area contributed by atoms with Crippen molar-refractivity contribution >= 4 is 5.96 Å². The van der Waals surface area contributed by atoms with E-state index in [4.69, 9.17) is 5.73 Å². The normalized spacial score (nSPS) is 14.4. The van der Waals surface area contributed by atoms with Crippen molar-refractivity contribution in [3.05, 3.63) is 0 Å². The van der Waals surface area contributed by atoms with E-state index >= 15 is 0 Å². The van der Waals surface area contributed by atoms with Gasteiger partial charge in [0.1, 0.15) is 0 Å². The smallest absolute Gasteiger partial charge is 0.188 e. The average Bonchev–Trinajstić information content (AvgIpc) is 2.27. The second-order valence-corrected chi connectivity index (χ2v) is 5.00. The number of hydrogen-bond donors (Lipinski definition) is 2. The molecule has 1 unspecified atom stereocenters. The van der Waals surface area contributed by atoms with Crippen LogP contribution in [-0.4, -0.2) is 43.1 Å². The van der Waals surface area contributed by atoms with Crippen LogP contribution in [0.1, 0.15) is 47.0 Å². The fraction of sp³-hybridized carbons (Fsp3) is 0.923. The summed E-state index contributed by atoms with van der Waals surface area (Å²) in [5, 5.41) is 3.16. The molecule has 0 aromatic heterocycles. The number of hydrogen-bond acceptors (Lipinski definition) is 2. The Morgan fingerprint density at radius 2 is 1.94 bits per heavy atom. The van der Waals surface area contributed by atoms with Gasteiger partial charge >= 0.3 is 0 Å². The van der Waals surface area contributed by atoms with Crippen molar-refractivity contribution in [2.45, 2.75) is 59.0 Å². The van der Waals surface area contributed by atoms with Crippen LogP contribution in [0.15, 0.2) is 4.99 Å². The molecule has 0 radical (unpaired) electrons. The third kappa shape index (κ3) is 8.98. The minimum absolute atomic E-state index is 0.408. The highest BCUT2D eigenvalue weighted by Gasteiger charge is 2.02. The van der Waals surface area contributed by atoms with Gasteiger partial charge in [-0.1, -0.05) is 6.92 Å². The maximum atomic E-state index is 5.77. The second kappa shape index (κ2) is 9.28. The number of nitrogens with one attached hydrogen (secondary N) is 1. The predicted molar refractivity (Wildman–Crippen MR) is 76.4 cm³/mol. The van der Waals surface area contributed by atoms with Crippen molar-refractivity contribution in [1.82, 2.24) is 10.2 Å². The molecule has 0 saturated heterocycles. The predicted octanol–water partition coefficient (Wildman–Crippen LogP) is 1.81. The summed E-state index contributed by atoms with van der Waals surface area (Å²) in [4.78, 5) is 6.67. The lowest BCUT2D eigenvalue weighted by molar-refractivity contribution is 0.269. The summed E-state index contributed by atoms with van der Waals surface area (Å²) in [6, 6.07) is 1.03. The Labute approximate surface area is 107 Å². The molecule has 4 heteroatoms. The van der Waals surface area contributed by atoms with Crippen LogP contribution in [0, 0.1) is 0 Å². The van der Waals surface area contributed by atoms with Crippen LogP contribution in [0.25, 0.3) is 0 Å². The molecule has 0 aliphatic heterocycles. The lowest BCUT2D eigenvalue weighted by Gasteiger charge is -2.20. The lowest BCUT2D eigenvalue weighted by Crippen LogP contribution is -2.38. The highest BCUT2D eigenvalue weighted by molar-refractivity contribution is 5.78. The minimum atomic E-state index is 0.408. The Balaban J connectivity index is 3.59. The van der Waals surface area contributed by atoms with E-state index in [-0.39, 0.29) is 0 Å². The monoisotopic (exact) mass is 242 g/mol. The summed E-state index contributed by atoms with van der Waals surface area (Å²) in [7, 11) is 2.16. The zero-order valence-corrected chi connectivity index (χ0v) is 12.2. The first-order valence-electron chi connectivity index (χ1n) is 6.74. The van der Waals surface area contributed by atoms with Crippen LogP contribution in [-0.2, 0) is 0 Å². The van der Waals surface area contributed by atoms with Gasteiger partial charge in [-0.2, -0.15) is 0 Å². The first-order valence-corrected chi connectivity index (χ1v) is 6.74. The number of nitrogens with zero attached hydrogens (tertiary/aromatic N) is 2. The van der Waals surface area contributed by atoms with Crippen molar-refractivity contribution in [3.8, 4) is 0 Å². The van der Waals surface area contributed by atoms with Crippen LogP contribution in [0.2, 0.25) is 0 Å². The maximum Gasteiger partial charge on any atom is 0.188 e. The number of aliphatic imine (C=N–C) groups is 1. The number of rotatable bonds is 8. The van der Waals surface area contributed by atoms with Crippen molar-refractivity contribution in [2.24, 2.45) is 10.7 Å². The van der Waals surface area contributed by atoms with Gasteiger partial charge in [-0.3, -0.25) is 4.99 Å². The largest absolute Gasteiger partial charge is 0.370 e. The van der Waals surface area contributed by atoms with Gasteiger partial charge in [-0.25, -0.2) is 0 Å². The highest BCUT2D eigenvalue weighted by Crippen LogP contribution is 1.98. The summed E-state index contributed by atoms with van der Waals surface area (Å²) >= 11 is 0. The van der Waals surface area contributed by atoms with E-state index in [1.54, 1.807) is 0 Å². The van der Waals surface area contributed by atoms with Crippen molar-refractivity contribution in [3.63, 3.8) is 0 Å². The van der Waals surface area contributed by atoms with Crippen LogP contribution >= 0.6 is 0 Å². The zero-order valence-electron chi connectivity index (χ0n) is 12.2. The number of unbranched alkanes of at least 4 members (excludes halogenated alkanes) is 1. The summed E-state index contributed by atoms with van der Waals surface area (Å²) in [6.45, 7) is 10.6. The molecule has 0 aromatic rings. The molecule has 0 rings (SSSR count). The molecule has 4 nitrogen and oxygen atoms in total. The molecule has 0 fully saturated rings. The summed E-state index contributed by atoms with van der Waals surface area (Å²) in [6.07, 6.45) is 3.34. The molecule has 0 bridgehead atoms. The van der Waals surface area contributed by atoms with Gasteiger partial charge in [0.15, 0.2) is 5.96 Å². The van der Waals surface area contributed by atoms with Crippen molar-refractivity contribution in [1.29, 1.82) is 0 Å². The van der Waals surface area contributed by atoms with E-state index in [9.17, 15) is 0 Å². The fourth-order valence-corrected chi connectivity index (χ4v) is 1.33. The van der Waals surface area contributed by atoms with Crippen LogP contribution < -0.4 is 11.1 Å². The van der Waals surface area contributed by atoms with Gasteiger partial charge in [-0.05, 0) is 53.6 Å². The highest BCUT2D eigenvalue weighted by atomic mass is 15.1. The Morgan fingerprint density at radius 1 is 1.29 bits per heavy atom. The van der Waals surface area contributed by atoms with Gasteiger partial charge < -0.3 is 16.0 Å². The molecule has 0 heterocycles. The third-order valence-corrected chi connectivity index (χ3v) is 3.09. The Kier molecular flexibility index (Phi) is 8.86. The standard InChI is InChI=1S/C13H30N4/c1-6-12(4)16-13(14)15-9-7-8-10-17(5)11(2)3/h11-12H,6-10H2,1-5H3,(H3,14,15,16). The van der Waals surface area contributed by atoms with Gasteiger partial charge in [0.05, 0.1) is 0 Å². The topological polar surface area (TPSA) is 53.6 Å². The molecule has 0 aliphatic rings. The Morgan fingerprint density at radius 3 is 2.47 bits per heavy atom. The van der Waals surface area contributed by atoms with E-state index in [1.165, 1.54) is 6.42 Å². The van der Waals surface area contributed by atoms with E-state index in [2.05, 4.69) is 50.0 Å². The Bertz CT molecular complexity index is 213. The molecular formula is C13H30N4. The zero-order chi connectivity index (χ0) is 13.3. The van der Waals surface area contributed by atoms with E-state index in [1.807, 2.05) is 0 Å². The molecule has 0 amide bonds. The molecule has 3 N–H and O–H groups in total. The van der Waals surface area contributed by atoms with Crippen molar-refractivity contribution in [2.75, 3.05) is 20.1 Å². The van der Waals surface area contributed by atoms with Gasteiger partial charge in [-0.15, -0.1) is 0 Å². The van der Waals surface area contributed by atoms with Gasteiger partial charge in [0, 0.05) is 18.6 Å². The Hall–Kier alpha value is -0.770. The molecule has 1 atom stereocenters. The first kappa shape index (κ1) is 16.2. The molecule has 17 heavy (non-hydrogen) atoms. The minimum Gasteiger partial charge on any atom is -0.370 e. The van der Waals surface area contributed by atoms with E-state index in [0.29, 0.717) is 18.0 Å². The van der Waals surface area contributed by atoms with Crippen LogP contribution in [0.4, 0.5) is 0 Å². The SMILES string of the molecule is CCC(C)NC(N)=NCCCCN(C)C(C)C. The van der Waals surface area contributed by atoms with Crippen molar-refractivity contribution < 1.29 is 0 Å². The summed E-state index contributed by atoms with van der Waals surface area (Å²) in [5.74, 6) is 0.580. The number of guanidine groups is 1. The molecule has 0 aliphatic carbocycles. The molecular weight excluding hydrogens is 212 g/mol. The average molecular weight is 242 g/mol. The molecule has 102 valence electrons. The molecule has 0 saturated carbocycles. The van der Waals surface area contributed by atoms with Gasteiger partial charge in [0.2, 0.25) is 0 Å². The van der Waals surface area contributed by atoms with Crippen LogP contribution in [0.5, 0.6) is 0 Å². The molecule has 0 spiro atoms. The summed E-state index contributed by atoms with van der Waals surface area (Å²) < 4.78 is 0. The third-order valence-electron chi connectivity index (χ3n) is 3.09. The van der Waals surface area contributed by atoms with E-state index < -0.39 is 0 Å². The maximum absolute atomic E-state index is 5.77. The van der Waals surface area contributed by atoms with Crippen LogP contribution in [0.3, 0.4) is 0 Å². The quantitative estimate of drug-likeness (QED) is 0.388. The molecule has 0 aromatic carbocycles. The lowest BCUT2D eigenvalue weighted by atomic mass is 10.2. The van der Waals surface area contributed by atoms with Gasteiger partial charge in [0.25, 0.3) is 0 Å². The first-order chi connectivity index (χ1) is 7.97. The number of nitrogens with two attached hydrogens (primary N) is 1.